The first-order valence-electron chi connectivity index (χ1n) is 18.2. The van der Waals surface area contributed by atoms with Gasteiger partial charge in [0.05, 0.1) is 39.7 Å². The van der Waals surface area contributed by atoms with E-state index >= 15 is 0 Å². The number of carboxylic acid groups (broad SMARTS) is 1. The first kappa shape index (κ1) is 37.7. The summed E-state index contributed by atoms with van der Waals surface area (Å²) in [4.78, 5) is 48.5. The lowest BCUT2D eigenvalue weighted by Gasteiger charge is -2.43. The van der Waals surface area contributed by atoms with Gasteiger partial charge >= 0.3 is 5.97 Å². The molecule has 16 heteroatoms. The van der Waals surface area contributed by atoms with E-state index in [4.69, 9.17) is 27.9 Å². The highest BCUT2D eigenvalue weighted by atomic mass is 35.5. The van der Waals surface area contributed by atoms with Gasteiger partial charge in [0.15, 0.2) is 0 Å². The molecule has 0 spiro atoms. The molecule has 0 bridgehead atoms. The molecule has 2 amide bonds. The maximum atomic E-state index is 14.2. The maximum Gasteiger partial charge on any atom is 0.307 e. The van der Waals surface area contributed by atoms with Gasteiger partial charge in [-0.3, -0.25) is 24.8 Å². The van der Waals surface area contributed by atoms with Gasteiger partial charge in [-0.1, -0.05) is 29.3 Å². The van der Waals surface area contributed by atoms with Crippen LogP contribution in [0.15, 0.2) is 67.3 Å². The Labute approximate surface area is 323 Å². The van der Waals surface area contributed by atoms with Gasteiger partial charge < -0.3 is 19.6 Å². The van der Waals surface area contributed by atoms with E-state index in [2.05, 4.69) is 30.8 Å². The molecule has 7 rings (SSSR count). The van der Waals surface area contributed by atoms with Crippen LogP contribution < -0.4 is 10.2 Å². The van der Waals surface area contributed by atoms with Crippen molar-refractivity contribution in [3.8, 4) is 11.4 Å². The zero-order chi connectivity index (χ0) is 37.9. The number of piperidine rings is 2. The summed E-state index contributed by atoms with van der Waals surface area (Å²) in [5.41, 5.74) is 4.88. The predicted molar refractivity (Wildman–Crippen MR) is 201 cm³/mol. The molecule has 3 aliphatic rings. The number of methoxy groups -OCH3 is 1. The fraction of sp³-hybridized carbons (Fsp3) is 0.447. The SMILES string of the molecule is COc1ccc(-n2cnnn2)cc1C(=O)N1CCC(CCN2CCC(C(=O)NN3CCCC(C(=O)O)C3)(c3ccncc3)CC2)(c2ccc(Cl)c(Cl)c2)C1. The molecule has 2 unspecified atom stereocenters. The molecule has 2 aromatic carbocycles. The molecule has 14 nitrogen and oxygen atoms in total. The van der Waals surface area contributed by atoms with Gasteiger partial charge in [-0.15, -0.1) is 5.10 Å². The lowest BCUT2D eigenvalue weighted by molar-refractivity contribution is -0.146. The number of hydrazine groups is 1. The molecule has 0 radical (unpaired) electrons. The molecule has 0 saturated carbocycles. The Hall–Kier alpha value is -4.63. The minimum atomic E-state index is -0.839. The van der Waals surface area contributed by atoms with Crippen molar-refractivity contribution >= 4 is 41.0 Å². The quantitative estimate of drug-likeness (QED) is 0.222. The van der Waals surface area contributed by atoms with Crippen LogP contribution in [0, 0.1) is 5.92 Å². The summed E-state index contributed by atoms with van der Waals surface area (Å²) in [6.45, 7) is 3.98. The van der Waals surface area contributed by atoms with Crippen LogP contribution in [0.2, 0.25) is 10.0 Å². The number of carboxylic acids is 1. The topological polar surface area (TPSA) is 159 Å². The van der Waals surface area contributed by atoms with Crippen molar-refractivity contribution < 1.29 is 24.2 Å². The third kappa shape index (κ3) is 7.65. The molecule has 284 valence electrons. The number of amides is 2. The van der Waals surface area contributed by atoms with E-state index in [-0.39, 0.29) is 18.4 Å². The predicted octanol–water partition coefficient (Wildman–Crippen LogP) is 4.41. The fourth-order valence-electron chi connectivity index (χ4n) is 8.29. The molecule has 5 heterocycles. The number of nitrogens with zero attached hydrogens (tertiary/aromatic N) is 8. The molecular weight excluding hydrogens is 733 g/mol. The molecule has 3 fully saturated rings. The molecule has 3 saturated heterocycles. The molecule has 3 aliphatic heterocycles. The lowest BCUT2D eigenvalue weighted by atomic mass is 9.72. The van der Waals surface area contributed by atoms with Crippen LogP contribution in [0.5, 0.6) is 5.75 Å². The van der Waals surface area contributed by atoms with Gasteiger partial charge in [0.2, 0.25) is 5.91 Å². The minimum absolute atomic E-state index is 0.115. The highest BCUT2D eigenvalue weighted by Crippen LogP contribution is 2.42. The number of halogens is 2. The van der Waals surface area contributed by atoms with E-state index in [1.807, 2.05) is 35.2 Å². The number of ether oxygens (including phenoxy) is 1. The zero-order valence-electron chi connectivity index (χ0n) is 30.0. The van der Waals surface area contributed by atoms with Crippen molar-refractivity contribution in [3.05, 3.63) is 94.0 Å². The first-order chi connectivity index (χ1) is 26.1. The molecule has 0 aliphatic carbocycles. The summed E-state index contributed by atoms with van der Waals surface area (Å²) in [6.07, 6.45) is 8.84. The number of tetrazole rings is 1. The van der Waals surface area contributed by atoms with E-state index in [0.717, 1.165) is 30.5 Å². The molecule has 2 atom stereocenters. The monoisotopic (exact) mass is 775 g/mol. The third-order valence-electron chi connectivity index (χ3n) is 11.5. The van der Waals surface area contributed by atoms with Crippen LogP contribution in [-0.2, 0) is 20.4 Å². The standard InChI is InChI=1S/C38H43Cl2N9O5/c1-54-33-7-5-29(49-25-42-44-45-49)22-30(33)34(50)47-20-11-37(24-47,28-4-6-31(39)32(40)21-28)10-17-46-18-12-38(13-19-46,27-8-14-41-15-9-27)36(53)43-48-16-2-3-26(23-48)35(51)52/h4-9,14-15,21-22,25-26H,2-3,10-13,16-20,23-24H2,1H3,(H,43,53)(H,51,52). The van der Waals surface area contributed by atoms with E-state index in [0.29, 0.717) is 85.5 Å². The van der Waals surface area contributed by atoms with Gasteiger partial charge in [0, 0.05) is 44.0 Å². The van der Waals surface area contributed by atoms with Gasteiger partial charge in [-0.2, -0.15) is 0 Å². The lowest BCUT2D eigenvalue weighted by Crippen LogP contribution is -2.57. The van der Waals surface area contributed by atoms with E-state index in [9.17, 15) is 19.5 Å². The Morgan fingerprint density at radius 3 is 2.46 bits per heavy atom. The van der Waals surface area contributed by atoms with Crippen LogP contribution in [0.4, 0.5) is 0 Å². The summed E-state index contributed by atoms with van der Waals surface area (Å²) in [7, 11) is 1.54. The van der Waals surface area contributed by atoms with Crippen LogP contribution >= 0.6 is 23.2 Å². The number of hydrogen-bond acceptors (Lipinski definition) is 10. The highest BCUT2D eigenvalue weighted by Gasteiger charge is 2.46. The normalized spacial score (nSPS) is 21.8. The van der Waals surface area contributed by atoms with Crippen LogP contribution in [0.25, 0.3) is 5.69 Å². The summed E-state index contributed by atoms with van der Waals surface area (Å²) in [5, 5.41) is 23.7. The van der Waals surface area contributed by atoms with Crippen molar-refractivity contribution in [2.45, 2.75) is 49.4 Å². The summed E-state index contributed by atoms with van der Waals surface area (Å²) in [5.74, 6) is -1.16. The second-order valence-electron chi connectivity index (χ2n) is 14.5. The van der Waals surface area contributed by atoms with Gasteiger partial charge in [-0.05, 0) is 122 Å². The second kappa shape index (κ2) is 16.0. The average Bonchev–Trinajstić information content (AvgIpc) is 3.90. The summed E-state index contributed by atoms with van der Waals surface area (Å²) >= 11 is 12.9. The molecule has 2 N–H and O–H groups in total. The Morgan fingerprint density at radius 2 is 1.76 bits per heavy atom. The maximum absolute atomic E-state index is 14.2. The Kier molecular flexibility index (Phi) is 11.2. The Morgan fingerprint density at radius 1 is 0.963 bits per heavy atom. The molecule has 2 aromatic heterocycles. The number of carbonyl (C=O) groups is 3. The van der Waals surface area contributed by atoms with E-state index < -0.39 is 22.7 Å². The number of aliphatic carboxylic acids is 1. The second-order valence-corrected chi connectivity index (χ2v) is 15.3. The van der Waals surface area contributed by atoms with Crippen molar-refractivity contribution in [1.29, 1.82) is 0 Å². The number of aromatic nitrogens is 5. The zero-order valence-corrected chi connectivity index (χ0v) is 31.5. The van der Waals surface area contributed by atoms with Gasteiger partial charge in [-0.25, -0.2) is 9.69 Å². The van der Waals surface area contributed by atoms with E-state index in [1.54, 1.807) is 42.7 Å². The average molecular weight is 777 g/mol. The molecule has 54 heavy (non-hydrogen) atoms. The number of benzene rings is 2. The first-order valence-corrected chi connectivity index (χ1v) is 18.9. The van der Waals surface area contributed by atoms with Crippen molar-refractivity contribution in [2.75, 3.05) is 52.9 Å². The third-order valence-corrected chi connectivity index (χ3v) is 12.3. The summed E-state index contributed by atoms with van der Waals surface area (Å²) in [6, 6.07) is 14.8. The smallest absolute Gasteiger partial charge is 0.307 e. The van der Waals surface area contributed by atoms with Gasteiger partial charge in [0.25, 0.3) is 5.91 Å². The number of nitrogens with one attached hydrogen (secondary N) is 1. The van der Waals surface area contributed by atoms with Crippen LogP contribution in [0.3, 0.4) is 0 Å². The number of likely N-dealkylation sites (tertiary alicyclic amines) is 2. The Bertz CT molecular complexity index is 1980. The highest BCUT2D eigenvalue weighted by molar-refractivity contribution is 6.42. The molecule has 4 aromatic rings. The summed E-state index contributed by atoms with van der Waals surface area (Å²) < 4.78 is 7.10. The van der Waals surface area contributed by atoms with Crippen LogP contribution in [-0.4, -0.2) is 116 Å². The number of carbonyl (C=O) groups excluding carboxylic acids is 2. The molecular formula is C38H43Cl2N9O5. The van der Waals surface area contributed by atoms with Crippen molar-refractivity contribution in [1.82, 2.24) is 45.4 Å². The van der Waals surface area contributed by atoms with Crippen molar-refractivity contribution in [2.24, 2.45) is 5.92 Å². The van der Waals surface area contributed by atoms with Gasteiger partial charge in [0.1, 0.15) is 12.1 Å². The Balaban J connectivity index is 1.08. The number of hydrogen-bond donors (Lipinski definition) is 2. The minimum Gasteiger partial charge on any atom is -0.496 e. The van der Waals surface area contributed by atoms with E-state index in [1.165, 1.54) is 11.0 Å². The largest absolute Gasteiger partial charge is 0.496 e. The number of rotatable bonds is 11. The van der Waals surface area contributed by atoms with Crippen LogP contribution in [0.1, 0.15) is 60.0 Å². The fourth-order valence-corrected chi connectivity index (χ4v) is 8.59. The number of pyridine rings is 1. The van der Waals surface area contributed by atoms with Crippen molar-refractivity contribution in [3.63, 3.8) is 0 Å².